The van der Waals surface area contributed by atoms with Crippen LogP contribution in [0.5, 0.6) is 5.75 Å². The molecule has 0 radical (unpaired) electrons. The summed E-state index contributed by atoms with van der Waals surface area (Å²) in [5.41, 5.74) is 10.4. The summed E-state index contributed by atoms with van der Waals surface area (Å²) >= 11 is 0. The number of phenolic OH excluding ortho intramolecular Hbond substituents is 1. The Hall–Kier alpha value is -2.59. The number of carbonyl (C=O) groups excluding carboxylic acids is 1. The summed E-state index contributed by atoms with van der Waals surface area (Å²) in [4.78, 5) is 12.4. The Morgan fingerprint density at radius 2 is 1.82 bits per heavy atom. The van der Waals surface area contributed by atoms with Crippen molar-refractivity contribution < 1.29 is 9.90 Å². The molecule has 4 nitrogen and oxygen atoms in total. The van der Waals surface area contributed by atoms with Crippen LogP contribution in [0.25, 0.3) is 0 Å². The summed E-state index contributed by atoms with van der Waals surface area (Å²) in [6.07, 6.45) is 7.72. The van der Waals surface area contributed by atoms with E-state index in [4.69, 9.17) is 5.73 Å². The van der Waals surface area contributed by atoms with Gasteiger partial charge in [0.15, 0.2) is 0 Å². The fourth-order valence-electron chi connectivity index (χ4n) is 3.35. The molecule has 2 aromatic rings. The topological polar surface area (TPSA) is 75.3 Å². The highest BCUT2D eigenvalue weighted by molar-refractivity contribution is 5.82. The molecule has 28 heavy (non-hydrogen) atoms. The van der Waals surface area contributed by atoms with Gasteiger partial charge < -0.3 is 16.2 Å². The molecule has 0 aliphatic rings. The number of phenols is 1. The van der Waals surface area contributed by atoms with E-state index in [0.29, 0.717) is 6.42 Å². The number of hydrogen-bond acceptors (Lipinski definition) is 3. The molecule has 0 spiro atoms. The number of carbonyl (C=O) groups is 1. The number of amides is 1. The molecule has 150 valence electrons. The SMILES string of the molecule is Cc1cc(O)cc(C)c1C[C@H](N)C(=O)NC(C)/C=C/CCCc1ccccc1. The standard InChI is InChI=1S/C24H32N2O2/c1-17-14-21(27)15-18(2)22(17)16-23(25)24(28)26-19(3)10-6-4-7-11-20-12-8-5-9-13-20/h5-6,8-10,12-15,19,23,27H,4,7,11,16,25H2,1-3H3,(H,26,28)/b10-6+/t19?,23-/m0/s1. The van der Waals surface area contributed by atoms with Gasteiger partial charge in [0.05, 0.1) is 6.04 Å². The minimum Gasteiger partial charge on any atom is -0.508 e. The summed E-state index contributed by atoms with van der Waals surface area (Å²) in [5.74, 6) is 0.0797. The second kappa shape index (κ2) is 10.7. The number of unbranched alkanes of at least 4 members (excludes halogenated alkanes) is 1. The average molecular weight is 381 g/mol. The van der Waals surface area contributed by atoms with E-state index in [9.17, 15) is 9.90 Å². The Morgan fingerprint density at radius 3 is 2.46 bits per heavy atom. The van der Waals surface area contributed by atoms with Gasteiger partial charge in [-0.3, -0.25) is 4.79 Å². The van der Waals surface area contributed by atoms with Crippen LogP contribution >= 0.6 is 0 Å². The fraction of sp³-hybridized carbons (Fsp3) is 0.375. The molecule has 4 N–H and O–H groups in total. The second-order valence-electron chi connectivity index (χ2n) is 7.47. The molecule has 0 bridgehead atoms. The highest BCUT2D eigenvalue weighted by Crippen LogP contribution is 2.21. The lowest BCUT2D eigenvalue weighted by Crippen LogP contribution is -2.45. The van der Waals surface area contributed by atoms with E-state index in [0.717, 1.165) is 36.0 Å². The third-order valence-electron chi connectivity index (χ3n) is 4.92. The molecule has 0 saturated heterocycles. The number of aromatic hydroxyl groups is 1. The van der Waals surface area contributed by atoms with Gasteiger partial charge in [0.1, 0.15) is 5.75 Å². The molecule has 0 aliphatic heterocycles. The minimum absolute atomic E-state index is 0.0581. The highest BCUT2D eigenvalue weighted by Gasteiger charge is 2.17. The lowest BCUT2D eigenvalue weighted by atomic mass is 9.96. The molecule has 0 aliphatic carbocycles. The number of benzene rings is 2. The average Bonchev–Trinajstić information content (AvgIpc) is 2.65. The van der Waals surface area contributed by atoms with E-state index < -0.39 is 6.04 Å². The summed E-state index contributed by atoms with van der Waals surface area (Å²) in [5, 5.41) is 12.6. The number of allylic oxidation sites excluding steroid dienone is 1. The van der Waals surface area contributed by atoms with Crippen molar-refractivity contribution in [3.05, 3.63) is 76.9 Å². The van der Waals surface area contributed by atoms with Crippen molar-refractivity contribution in [3.63, 3.8) is 0 Å². The number of hydrogen-bond donors (Lipinski definition) is 3. The van der Waals surface area contributed by atoms with Crippen molar-refractivity contribution in [3.8, 4) is 5.75 Å². The van der Waals surface area contributed by atoms with Crippen LogP contribution in [0.1, 0.15) is 42.0 Å². The van der Waals surface area contributed by atoms with Gasteiger partial charge in [0, 0.05) is 6.04 Å². The van der Waals surface area contributed by atoms with E-state index in [1.165, 1.54) is 5.56 Å². The Morgan fingerprint density at radius 1 is 1.18 bits per heavy atom. The van der Waals surface area contributed by atoms with Gasteiger partial charge in [0.25, 0.3) is 0 Å². The molecule has 1 unspecified atom stereocenters. The summed E-state index contributed by atoms with van der Waals surface area (Å²) in [6, 6.07) is 13.2. The quantitative estimate of drug-likeness (QED) is 0.455. The summed E-state index contributed by atoms with van der Waals surface area (Å²) in [7, 11) is 0. The summed E-state index contributed by atoms with van der Waals surface area (Å²) < 4.78 is 0. The first-order chi connectivity index (χ1) is 13.4. The van der Waals surface area contributed by atoms with Gasteiger partial charge in [-0.15, -0.1) is 0 Å². The van der Waals surface area contributed by atoms with Crippen molar-refractivity contribution in [2.24, 2.45) is 5.73 Å². The summed E-state index contributed by atoms with van der Waals surface area (Å²) in [6.45, 7) is 5.80. The highest BCUT2D eigenvalue weighted by atomic mass is 16.3. The molecule has 2 atom stereocenters. The number of nitrogens with one attached hydrogen (secondary N) is 1. The maximum atomic E-state index is 12.4. The van der Waals surface area contributed by atoms with Gasteiger partial charge in [0.2, 0.25) is 5.91 Å². The molecule has 1 amide bonds. The van der Waals surface area contributed by atoms with Crippen LogP contribution in [0.2, 0.25) is 0 Å². The van der Waals surface area contributed by atoms with Crippen LogP contribution in [-0.4, -0.2) is 23.1 Å². The molecule has 0 fully saturated rings. The van der Waals surface area contributed by atoms with Gasteiger partial charge in [-0.25, -0.2) is 0 Å². The van der Waals surface area contributed by atoms with E-state index in [1.807, 2.05) is 32.9 Å². The Balaban J connectivity index is 1.76. The van der Waals surface area contributed by atoms with Crippen LogP contribution in [-0.2, 0) is 17.6 Å². The monoisotopic (exact) mass is 380 g/mol. The lowest BCUT2D eigenvalue weighted by molar-refractivity contribution is -0.122. The van der Waals surface area contributed by atoms with Gasteiger partial charge in [-0.2, -0.15) is 0 Å². The molecule has 0 heterocycles. The lowest BCUT2D eigenvalue weighted by Gasteiger charge is -2.18. The van der Waals surface area contributed by atoms with E-state index >= 15 is 0 Å². The van der Waals surface area contributed by atoms with Crippen molar-refractivity contribution >= 4 is 5.91 Å². The predicted molar refractivity (Wildman–Crippen MR) is 115 cm³/mol. The zero-order chi connectivity index (χ0) is 20.5. The van der Waals surface area contributed by atoms with Gasteiger partial charge >= 0.3 is 0 Å². The smallest absolute Gasteiger partial charge is 0.237 e. The van der Waals surface area contributed by atoms with Crippen LogP contribution in [0.4, 0.5) is 0 Å². The number of rotatable bonds is 9. The first-order valence-corrected chi connectivity index (χ1v) is 9.92. The number of aryl methyl sites for hydroxylation is 3. The van der Waals surface area contributed by atoms with Crippen LogP contribution in [0.15, 0.2) is 54.6 Å². The van der Waals surface area contributed by atoms with Gasteiger partial charge in [-0.05, 0) is 80.8 Å². The molecule has 4 heteroatoms. The molecule has 0 saturated carbocycles. The largest absolute Gasteiger partial charge is 0.508 e. The number of nitrogens with two attached hydrogens (primary N) is 1. The predicted octanol–water partition coefficient (Wildman–Crippen LogP) is 3.96. The molecular weight excluding hydrogens is 348 g/mol. The zero-order valence-electron chi connectivity index (χ0n) is 17.1. The van der Waals surface area contributed by atoms with Crippen molar-refractivity contribution in [1.29, 1.82) is 0 Å². The first kappa shape index (κ1) is 21.7. The zero-order valence-corrected chi connectivity index (χ0v) is 17.1. The van der Waals surface area contributed by atoms with Gasteiger partial charge in [-0.1, -0.05) is 42.5 Å². The maximum Gasteiger partial charge on any atom is 0.237 e. The van der Waals surface area contributed by atoms with E-state index in [2.05, 4.69) is 35.7 Å². The van der Waals surface area contributed by atoms with Crippen LogP contribution in [0, 0.1) is 13.8 Å². The maximum absolute atomic E-state index is 12.4. The van der Waals surface area contributed by atoms with E-state index in [-0.39, 0.29) is 17.7 Å². The molecule has 2 aromatic carbocycles. The first-order valence-electron chi connectivity index (χ1n) is 9.92. The molecule has 2 rings (SSSR count). The normalized spacial score (nSPS) is 13.4. The van der Waals surface area contributed by atoms with E-state index in [1.54, 1.807) is 12.1 Å². The second-order valence-corrected chi connectivity index (χ2v) is 7.47. The Labute approximate surface area is 168 Å². The Kier molecular flexibility index (Phi) is 8.27. The van der Waals surface area contributed by atoms with Crippen molar-refractivity contribution in [2.45, 2.75) is 58.5 Å². The van der Waals surface area contributed by atoms with Crippen molar-refractivity contribution in [1.82, 2.24) is 5.32 Å². The molecule has 0 aromatic heterocycles. The minimum atomic E-state index is -0.615. The van der Waals surface area contributed by atoms with Crippen LogP contribution < -0.4 is 11.1 Å². The third-order valence-corrected chi connectivity index (χ3v) is 4.92. The van der Waals surface area contributed by atoms with Crippen LogP contribution in [0.3, 0.4) is 0 Å². The van der Waals surface area contributed by atoms with Crippen molar-refractivity contribution in [2.75, 3.05) is 0 Å². The Bertz CT molecular complexity index is 777. The fourth-order valence-corrected chi connectivity index (χ4v) is 3.35. The molecular formula is C24H32N2O2. The third kappa shape index (κ3) is 6.86.